The summed E-state index contributed by atoms with van der Waals surface area (Å²) in [4.78, 5) is 43.2. The molecule has 1 aliphatic rings. The van der Waals surface area contributed by atoms with Crippen LogP contribution in [0, 0.1) is 0 Å². The Morgan fingerprint density at radius 2 is 1.77 bits per heavy atom. The van der Waals surface area contributed by atoms with Gasteiger partial charge in [-0.1, -0.05) is 29.8 Å². The van der Waals surface area contributed by atoms with Gasteiger partial charge in [0.25, 0.3) is 17.4 Å². The number of benzene rings is 2. The van der Waals surface area contributed by atoms with Crippen molar-refractivity contribution in [3.63, 3.8) is 0 Å². The largest absolute Gasteiger partial charge is 0.506 e. The highest BCUT2D eigenvalue weighted by Crippen LogP contribution is 2.29. The van der Waals surface area contributed by atoms with E-state index in [9.17, 15) is 19.5 Å². The minimum absolute atomic E-state index is 0. The van der Waals surface area contributed by atoms with Crippen LogP contribution in [0.3, 0.4) is 0 Å². The number of ether oxygens (including phenoxy) is 1. The van der Waals surface area contributed by atoms with E-state index in [0.29, 0.717) is 29.3 Å². The highest BCUT2D eigenvalue weighted by molar-refractivity contribution is 6.30. The van der Waals surface area contributed by atoms with Crippen LogP contribution in [0.25, 0.3) is 11.1 Å². The molecule has 4 aromatic rings. The van der Waals surface area contributed by atoms with Gasteiger partial charge in [0.15, 0.2) is 0 Å². The van der Waals surface area contributed by atoms with Crippen molar-refractivity contribution in [1.82, 2.24) is 14.9 Å². The first-order valence-electron chi connectivity index (χ1n) is 13.6. The smallest absolute Gasteiger partial charge is 0.259 e. The topological polar surface area (TPSA) is 135 Å². The Kier molecular flexibility index (Phi) is 10.9. The lowest BCUT2D eigenvalue weighted by atomic mass is 10.0. The second kappa shape index (κ2) is 14.8. The van der Waals surface area contributed by atoms with Crippen molar-refractivity contribution in [3.05, 3.63) is 106 Å². The summed E-state index contributed by atoms with van der Waals surface area (Å²) in [5, 5.41) is 19.4. The highest BCUT2D eigenvalue weighted by atomic mass is 35.5. The molecule has 10 nitrogen and oxygen atoms in total. The molecule has 0 spiro atoms. The Balaban J connectivity index is 0.00000423. The molecule has 0 aliphatic carbocycles. The van der Waals surface area contributed by atoms with Gasteiger partial charge in [0.1, 0.15) is 11.6 Å². The normalized spacial score (nSPS) is 13.1. The number of hydrogen-bond acceptors (Lipinski definition) is 7. The lowest BCUT2D eigenvalue weighted by Gasteiger charge is -2.23. The van der Waals surface area contributed by atoms with Gasteiger partial charge >= 0.3 is 0 Å². The number of carbonyl (C=O) groups is 2. The molecule has 1 fully saturated rings. The minimum Gasteiger partial charge on any atom is -0.506 e. The molecule has 0 radical (unpaired) electrons. The summed E-state index contributed by atoms with van der Waals surface area (Å²) in [7, 11) is 0. The van der Waals surface area contributed by atoms with E-state index in [-0.39, 0.29) is 52.5 Å². The first-order valence-corrected chi connectivity index (χ1v) is 14.0. The quantitative estimate of drug-likeness (QED) is 0.193. The number of rotatable bonds is 9. The van der Waals surface area contributed by atoms with Crippen LogP contribution < -0.4 is 21.5 Å². The molecular formula is C31H31Cl2N5O5. The maximum absolute atomic E-state index is 13.1. The number of nitrogens with zero attached hydrogens (tertiary/aromatic N) is 2. The number of pyridine rings is 2. The fraction of sp³-hybridized carbons (Fsp3) is 0.226. The van der Waals surface area contributed by atoms with Gasteiger partial charge in [0.2, 0.25) is 0 Å². The Morgan fingerprint density at radius 1 is 1.00 bits per heavy atom. The highest BCUT2D eigenvalue weighted by Gasteiger charge is 2.19. The number of hydrogen-bond donors (Lipinski definition) is 4. The summed E-state index contributed by atoms with van der Waals surface area (Å²) in [6.45, 7) is 2.79. The minimum atomic E-state index is -0.576. The van der Waals surface area contributed by atoms with E-state index in [0.717, 1.165) is 25.9 Å². The van der Waals surface area contributed by atoms with Gasteiger partial charge in [-0.05, 0) is 80.0 Å². The molecule has 12 heteroatoms. The third kappa shape index (κ3) is 7.99. The lowest BCUT2D eigenvalue weighted by Crippen LogP contribution is -2.33. The summed E-state index contributed by atoms with van der Waals surface area (Å²) < 4.78 is 7.58. The van der Waals surface area contributed by atoms with Gasteiger partial charge in [-0.25, -0.2) is 4.98 Å². The number of aromatic nitrogens is 2. The molecule has 1 aliphatic heterocycles. The SMILES string of the molecule is Cl.O=C(Nc1c(O)cccc1C(=O)Nc1ccc(Cl)cn1)c1ccc(-c2cccn(CCOC3CCNCC3)c2=O)cc1. The summed E-state index contributed by atoms with van der Waals surface area (Å²) in [5.74, 6) is -1.13. The van der Waals surface area contributed by atoms with Gasteiger partial charge in [0, 0.05) is 30.1 Å². The van der Waals surface area contributed by atoms with Crippen LogP contribution in [0.4, 0.5) is 11.5 Å². The number of phenolic OH excluding ortho intramolecular Hbond substituents is 1. The zero-order valence-electron chi connectivity index (χ0n) is 23.1. The molecule has 2 aromatic carbocycles. The monoisotopic (exact) mass is 623 g/mol. The van der Waals surface area contributed by atoms with Crippen LogP contribution in [-0.2, 0) is 11.3 Å². The van der Waals surface area contributed by atoms with E-state index in [4.69, 9.17) is 16.3 Å². The summed E-state index contributed by atoms with van der Waals surface area (Å²) in [6.07, 6.45) is 5.28. The van der Waals surface area contributed by atoms with Gasteiger partial charge < -0.3 is 30.4 Å². The number of piperidine rings is 1. The molecule has 0 saturated carbocycles. The number of nitrogens with one attached hydrogen (secondary N) is 3. The number of aromatic hydroxyl groups is 1. The van der Waals surface area contributed by atoms with Gasteiger partial charge in [-0.2, -0.15) is 0 Å². The summed E-state index contributed by atoms with van der Waals surface area (Å²) >= 11 is 5.85. The average Bonchev–Trinajstić information content (AvgIpc) is 3.01. The fourth-order valence-electron chi connectivity index (χ4n) is 4.69. The molecule has 0 bridgehead atoms. The second-order valence-electron chi connectivity index (χ2n) is 9.79. The van der Waals surface area contributed by atoms with E-state index in [1.807, 2.05) is 6.07 Å². The zero-order valence-corrected chi connectivity index (χ0v) is 24.7. The van der Waals surface area contributed by atoms with Crippen molar-refractivity contribution >= 4 is 47.3 Å². The van der Waals surface area contributed by atoms with Gasteiger partial charge in [-0.15, -0.1) is 12.4 Å². The van der Waals surface area contributed by atoms with Crippen LogP contribution >= 0.6 is 24.0 Å². The Labute approximate surface area is 259 Å². The van der Waals surface area contributed by atoms with Crippen molar-refractivity contribution in [2.75, 3.05) is 30.3 Å². The number of para-hydroxylation sites is 1. The second-order valence-corrected chi connectivity index (χ2v) is 10.2. The molecule has 0 unspecified atom stereocenters. The molecule has 0 atom stereocenters. The molecule has 2 aromatic heterocycles. The van der Waals surface area contributed by atoms with Crippen LogP contribution in [0.2, 0.25) is 5.02 Å². The molecule has 4 N–H and O–H groups in total. The van der Waals surface area contributed by atoms with E-state index < -0.39 is 11.8 Å². The first-order chi connectivity index (χ1) is 20.4. The Morgan fingerprint density at radius 3 is 2.49 bits per heavy atom. The predicted octanol–water partition coefficient (Wildman–Crippen LogP) is 4.96. The molecule has 3 heterocycles. The number of amides is 2. The standard InChI is InChI=1S/C31H30ClN5O5.ClH/c32-22-10-11-27(34-19-22)35-30(40)25-3-1-5-26(38)28(25)36-29(39)21-8-6-20(7-9-21)24-4-2-16-37(31(24)41)17-18-42-23-12-14-33-15-13-23;/h1-11,16,19,23,33,38H,12-15,17-18H2,(H,36,39)(H,34,35,40);1H. The number of phenols is 1. The number of carbonyl (C=O) groups excluding carboxylic acids is 2. The van der Waals surface area contributed by atoms with Crippen LogP contribution in [0.5, 0.6) is 5.75 Å². The molecule has 224 valence electrons. The summed E-state index contributed by atoms with van der Waals surface area (Å²) in [5.41, 5.74) is 1.29. The molecule has 2 amide bonds. The number of anilines is 2. The van der Waals surface area contributed by atoms with Crippen molar-refractivity contribution in [2.24, 2.45) is 0 Å². The summed E-state index contributed by atoms with van der Waals surface area (Å²) in [6, 6.07) is 17.5. The van der Waals surface area contributed by atoms with E-state index in [2.05, 4.69) is 20.9 Å². The Bertz CT molecular complexity index is 1620. The first kappa shape index (κ1) is 31.7. The number of halogens is 2. The zero-order chi connectivity index (χ0) is 29.5. The predicted molar refractivity (Wildman–Crippen MR) is 168 cm³/mol. The molecular weight excluding hydrogens is 593 g/mol. The van der Waals surface area contributed by atoms with Crippen LogP contribution in [0.15, 0.2) is 83.9 Å². The third-order valence-electron chi connectivity index (χ3n) is 6.94. The van der Waals surface area contributed by atoms with Crippen molar-refractivity contribution in [2.45, 2.75) is 25.5 Å². The lowest BCUT2D eigenvalue weighted by molar-refractivity contribution is 0.0281. The Hall–Kier alpha value is -4.22. The molecule has 5 rings (SSSR count). The fourth-order valence-corrected chi connectivity index (χ4v) is 4.81. The maximum atomic E-state index is 13.1. The van der Waals surface area contributed by atoms with Crippen LogP contribution in [-0.4, -0.2) is 52.3 Å². The third-order valence-corrected chi connectivity index (χ3v) is 7.17. The van der Waals surface area contributed by atoms with E-state index in [1.165, 1.54) is 30.5 Å². The van der Waals surface area contributed by atoms with Crippen LogP contribution in [0.1, 0.15) is 33.6 Å². The molecule has 1 saturated heterocycles. The van der Waals surface area contributed by atoms with E-state index >= 15 is 0 Å². The maximum Gasteiger partial charge on any atom is 0.259 e. The van der Waals surface area contributed by atoms with Crippen molar-refractivity contribution in [3.8, 4) is 16.9 Å². The average molecular weight is 625 g/mol. The van der Waals surface area contributed by atoms with E-state index in [1.54, 1.807) is 47.2 Å². The van der Waals surface area contributed by atoms with Crippen molar-refractivity contribution in [1.29, 1.82) is 0 Å². The van der Waals surface area contributed by atoms with Gasteiger partial charge in [-0.3, -0.25) is 14.4 Å². The van der Waals surface area contributed by atoms with Gasteiger partial charge in [0.05, 0.1) is 29.0 Å². The van der Waals surface area contributed by atoms with Crippen molar-refractivity contribution < 1.29 is 19.4 Å². The molecule has 43 heavy (non-hydrogen) atoms.